The third-order valence-corrected chi connectivity index (χ3v) is 2.45. The van der Waals surface area contributed by atoms with Gasteiger partial charge in [0, 0.05) is 12.6 Å². The van der Waals surface area contributed by atoms with Crippen molar-refractivity contribution in [1.29, 1.82) is 0 Å². The van der Waals surface area contributed by atoms with Crippen molar-refractivity contribution in [2.24, 2.45) is 5.92 Å². The minimum atomic E-state index is -0.651. The molecule has 0 radical (unpaired) electrons. The molecule has 0 aliphatic heterocycles. The molecule has 3 N–H and O–H groups in total. The molecule has 0 saturated heterocycles. The van der Waals surface area contributed by atoms with Crippen LogP contribution in [-0.4, -0.2) is 28.8 Å². The number of phenolic OH excluding ortho intramolecular Hbond substituents is 1. The highest BCUT2D eigenvalue weighted by atomic mass is 19.1. The molecule has 4 nitrogen and oxygen atoms in total. The van der Waals surface area contributed by atoms with Gasteiger partial charge in [-0.2, -0.15) is 0 Å². The van der Waals surface area contributed by atoms with Crippen LogP contribution in [0.1, 0.15) is 24.2 Å². The molecule has 0 aromatic heterocycles. The molecule has 0 aliphatic carbocycles. The largest absolute Gasteiger partial charge is 0.507 e. The van der Waals surface area contributed by atoms with E-state index in [9.17, 15) is 19.4 Å². The van der Waals surface area contributed by atoms with Crippen LogP contribution < -0.4 is 5.32 Å². The van der Waals surface area contributed by atoms with E-state index in [-0.39, 0.29) is 18.0 Å². The van der Waals surface area contributed by atoms with Crippen molar-refractivity contribution in [3.8, 4) is 5.75 Å². The van der Waals surface area contributed by atoms with Gasteiger partial charge in [-0.05, 0) is 18.1 Å². The van der Waals surface area contributed by atoms with Gasteiger partial charge in [0.2, 0.25) is 0 Å². The number of benzene rings is 1. The van der Waals surface area contributed by atoms with Crippen LogP contribution in [0.3, 0.4) is 0 Å². The van der Waals surface area contributed by atoms with E-state index in [1.807, 2.05) is 13.8 Å². The third kappa shape index (κ3) is 3.71. The Labute approximate surface area is 99.1 Å². The van der Waals surface area contributed by atoms with Crippen LogP contribution >= 0.6 is 0 Å². The summed E-state index contributed by atoms with van der Waals surface area (Å²) in [6.07, 6.45) is -0.651. The Morgan fingerprint density at radius 2 is 2.12 bits per heavy atom. The molecule has 1 aromatic carbocycles. The van der Waals surface area contributed by atoms with Gasteiger partial charge in [0.15, 0.2) is 0 Å². The maximum Gasteiger partial charge on any atom is 0.255 e. The van der Waals surface area contributed by atoms with E-state index in [4.69, 9.17) is 0 Å². The number of aliphatic hydroxyl groups is 1. The van der Waals surface area contributed by atoms with E-state index < -0.39 is 23.6 Å². The van der Waals surface area contributed by atoms with Crippen LogP contribution in [0.4, 0.5) is 4.39 Å². The number of carbonyl (C=O) groups is 1. The molecule has 1 rings (SSSR count). The SMILES string of the molecule is CC(C)C(O)CNC(=O)c1ccc(F)cc1O. The smallest absolute Gasteiger partial charge is 0.255 e. The van der Waals surface area contributed by atoms with Crippen molar-refractivity contribution in [3.05, 3.63) is 29.6 Å². The Morgan fingerprint density at radius 3 is 2.65 bits per heavy atom. The topological polar surface area (TPSA) is 69.6 Å². The molecule has 0 bridgehead atoms. The molecular weight excluding hydrogens is 225 g/mol. The molecule has 1 unspecified atom stereocenters. The molecule has 0 fully saturated rings. The number of carbonyl (C=O) groups excluding carboxylic acids is 1. The molecule has 17 heavy (non-hydrogen) atoms. The maximum absolute atomic E-state index is 12.7. The molecule has 0 spiro atoms. The minimum absolute atomic E-state index is 0.0117. The van der Waals surface area contributed by atoms with Crippen molar-refractivity contribution in [2.75, 3.05) is 6.54 Å². The Morgan fingerprint density at radius 1 is 1.47 bits per heavy atom. The first-order valence-corrected chi connectivity index (χ1v) is 5.36. The first-order valence-electron chi connectivity index (χ1n) is 5.36. The van der Waals surface area contributed by atoms with Gasteiger partial charge in [0.25, 0.3) is 5.91 Å². The molecule has 94 valence electrons. The van der Waals surface area contributed by atoms with E-state index in [1.165, 1.54) is 6.07 Å². The molecule has 5 heteroatoms. The number of halogens is 1. The zero-order chi connectivity index (χ0) is 13.0. The highest BCUT2D eigenvalue weighted by molar-refractivity contribution is 5.96. The van der Waals surface area contributed by atoms with Gasteiger partial charge < -0.3 is 15.5 Å². The predicted octanol–water partition coefficient (Wildman–Crippen LogP) is 1.28. The van der Waals surface area contributed by atoms with Crippen molar-refractivity contribution in [3.63, 3.8) is 0 Å². The van der Waals surface area contributed by atoms with Gasteiger partial charge in [0.1, 0.15) is 11.6 Å². The van der Waals surface area contributed by atoms with Gasteiger partial charge in [0.05, 0.1) is 11.7 Å². The van der Waals surface area contributed by atoms with Gasteiger partial charge in [-0.15, -0.1) is 0 Å². The number of amides is 1. The Hall–Kier alpha value is -1.62. The number of hydrogen-bond donors (Lipinski definition) is 3. The summed E-state index contributed by atoms with van der Waals surface area (Å²) in [7, 11) is 0. The Bertz CT molecular complexity index is 407. The highest BCUT2D eigenvalue weighted by Crippen LogP contribution is 2.17. The minimum Gasteiger partial charge on any atom is -0.507 e. The second kappa shape index (κ2) is 5.63. The standard InChI is InChI=1S/C12H16FNO3/c1-7(2)11(16)6-14-12(17)9-4-3-8(13)5-10(9)15/h3-5,7,11,15-16H,6H2,1-2H3,(H,14,17). The van der Waals surface area contributed by atoms with E-state index in [0.717, 1.165) is 12.1 Å². The lowest BCUT2D eigenvalue weighted by molar-refractivity contribution is 0.0869. The number of rotatable bonds is 4. The average molecular weight is 241 g/mol. The summed E-state index contributed by atoms with van der Waals surface area (Å²) in [6, 6.07) is 3.16. The molecule has 0 heterocycles. The molecule has 0 aliphatic rings. The van der Waals surface area contributed by atoms with Crippen LogP contribution in [0.15, 0.2) is 18.2 Å². The first kappa shape index (κ1) is 13.4. The highest BCUT2D eigenvalue weighted by Gasteiger charge is 2.14. The molecule has 0 saturated carbocycles. The number of phenols is 1. The van der Waals surface area contributed by atoms with Crippen LogP contribution in [0, 0.1) is 11.7 Å². The van der Waals surface area contributed by atoms with E-state index in [2.05, 4.69) is 5.32 Å². The van der Waals surface area contributed by atoms with Crippen molar-refractivity contribution >= 4 is 5.91 Å². The van der Waals surface area contributed by atoms with Gasteiger partial charge in [-0.25, -0.2) is 4.39 Å². The zero-order valence-corrected chi connectivity index (χ0v) is 9.77. The van der Waals surface area contributed by atoms with Gasteiger partial charge in [-0.1, -0.05) is 13.8 Å². The number of nitrogens with one attached hydrogen (secondary N) is 1. The lowest BCUT2D eigenvalue weighted by Gasteiger charge is -2.15. The van der Waals surface area contributed by atoms with Gasteiger partial charge >= 0.3 is 0 Å². The fourth-order valence-corrected chi connectivity index (χ4v) is 1.22. The lowest BCUT2D eigenvalue weighted by atomic mass is 10.1. The van der Waals surface area contributed by atoms with Crippen LogP contribution in [0.25, 0.3) is 0 Å². The summed E-state index contributed by atoms with van der Waals surface area (Å²) < 4.78 is 12.7. The Kier molecular flexibility index (Phi) is 4.45. The summed E-state index contributed by atoms with van der Waals surface area (Å²) in [5.74, 6) is -1.54. The quantitative estimate of drug-likeness (QED) is 0.743. The van der Waals surface area contributed by atoms with Crippen molar-refractivity contribution in [1.82, 2.24) is 5.32 Å². The summed E-state index contributed by atoms with van der Waals surface area (Å²) in [5, 5.41) is 21.3. The fourth-order valence-electron chi connectivity index (χ4n) is 1.22. The number of hydrogen-bond acceptors (Lipinski definition) is 3. The third-order valence-electron chi connectivity index (χ3n) is 2.45. The second-order valence-electron chi connectivity index (χ2n) is 4.18. The number of aliphatic hydroxyl groups excluding tert-OH is 1. The predicted molar refractivity (Wildman–Crippen MR) is 61.2 cm³/mol. The average Bonchev–Trinajstić information content (AvgIpc) is 2.25. The normalized spacial score (nSPS) is 12.5. The molecular formula is C12H16FNO3. The summed E-state index contributed by atoms with van der Waals surface area (Å²) >= 11 is 0. The van der Waals surface area contributed by atoms with E-state index >= 15 is 0 Å². The monoisotopic (exact) mass is 241 g/mol. The summed E-state index contributed by atoms with van der Waals surface area (Å²) in [6.45, 7) is 3.74. The van der Waals surface area contributed by atoms with E-state index in [0.29, 0.717) is 0 Å². The molecule has 1 aromatic rings. The van der Waals surface area contributed by atoms with Gasteiger partial charge in [-0.3, -0.25) is 4.79 Å². The summed E-state index contributed by atoms with van der Waals surface area (Å²) in [4.78, 5) is 11.6. The zero-order valence-electron chi connectivity index (χ0n) is 9.77. The Balaban J connectivity index is 2.64. The second-order valence-corrected chi connectivity index (χ2v) is 4.18. The van der Waals surface area contributed by atoms with Crippen LogP contribution in [0.2, 0.25) is 0 Å². The summed E-state index contributed by atoms with van der Waals surface area (Å²) in [5.41, 5.74) is -0.0117. The van der Waals surface area contributed by atoms with Crippen molar-refractivity contribution in [2.45, 2.75) is 20.0 Å². The fraction of sp³-hybridized carbons (Fsp3) is 0.417. The van der Waals surface area contributed by atoms with Crippen LogP contribution in [-0.2, 0) is 0 Å². The maximum atomic E-state index is 12.7. The van der Waals surface area contributed by atoms with Crippen molar-refractivity contribution < 1.29 is 19.4 Å². The number of aromatic hydroxyl groups is 1. The molecule has 1 atom stereocenters. The molecule has 1 amide bonds. The van der Waals surface area contributed by atoms with E-state index in [1.54, 1.807) is 0 Å². The first-order chi connectivity index (χ1) is 7.91. The van der Waals surface area contributed by atoms with Crippen LogP contribution in [0.5, 0.6) is 5.75 Å². The lowest BCUT2D eigenvalue weighted by Crippen LogP contribution is -2.34.